The molecule has 1 N–H and O–H groups in total. The Hall–Kier alpha value is -2.72. The van der Waals surface area contributed by atoms with Crippen molar-refractivity contribution in [1.82, 2.24) is 13.9 Å². The molecule has 1 heterocycles. The molecular weight excluding hydrogens is 393 g/mol. The van der Waals surface area contributed by atoms with Crippen LogP contribution in [-0.2, 0) is 28.5 Å². The molecule has 2 aromatic carbocycles. The van der Waals surface area contributed by atoms with Gasteiger partial charge in [0.1, 0.15) is 17.5 Å². The molecule has 1 aromatic heterocycles. The summed E-state index contributed by atoms with van der Waals surface area (Å²) in [5.41, 5.74) is 0.302. The fourth-order valence-electron chi connectivity index (χ4n) is 2.68. The van der Waals surface area contributed by atoms with Crippen LogP contribution in [0.5, 0.6) is 0 Å². The maximum atomic E-state index is 12.8. The number of amides is 1. The zero-order valence-corrected chi connectivity index (χ0v) is 15.8. The van der Waals surface area contributed by atoms with Gasteiger partial charge in [-0.25, -0.2) is 13.5 Å². The molecular formula is C18H17F3N4O2S. The summed E-state index contributed by atoms with van der Waals surface area (Å²) >= 11 is 0. The number of hydrogen-bond acceptors (Lipinski definition) is 3. The molecule has 3 aromatic rings. The van der Waals surface area contributed by atoms with Crippen LogP contribution in [0.3, 0.4) is 0 Å². The Balaban J connectivity index is 1.85. The first-order valence-electron chi connectivity index (χ1n) is 8.17. The van der Waals surface area contributed by atoms with Gasteiger partial charge >= 0.3 is 6.18 Å². The summed E-state index contributed by atoms with van der Waals surface area (Å²) in [6.07, 6.45) is -3.06. The van der Waals surface area contributed by atoms with Crippen LogP contribution in [0, 0.1) is 0 Å². The fourth-order valence-corrected chi connectivity index (χ4v) is 3.65. The molecule has 3 rings (SSSR count). The number of benzene rings is 2. The quantitative estimate of drug-likeness (QED) is 0.702. The zero-order valence-electron chi connectivity index (χ0n) is 15.0. The standard InChI is InChI=1S/C18H17F3N4O2S/c1-24(2)28(27)15-8-4-7-14-17(15)25(11-22-14)10-16(26)23-13-6-3-5-12(9-13)18(19,20)21/h3-9,11H,10H2,1-2H3,(H,23,26). The van der Waals surface area contributed by atoms with Crippen LogP contribution in [0.1, 0.15) is 5.56 Å². The van der Waals surface area contributed by atoms with E-state index in [0.29, 0.717) is 15.9 Å². The van der Waals surface area contributed by atoms with Crippen molar-refractivity contribution in [3.05, 3.63) is 54.4 Å². The third kappa shape index (κ3) is 4.23. The van der Waals surface area contributed by atoms with E-state index in [4.69, 9.17) is 0 Å². The zero-order chi connectivity index (χ0) is 20.5. The normalized spacial score (nSPS) is 13.1. The Morgan fingerprint density at radius 3 is 2.61 bits per heavy atom. The van der Waals surface area contributed by atoms with Crippen LogP contribution in [0.4, 0.5) is 18.9 Å². The van der Waals surface area contributed by atoms with Gasteiger partial charge in [-0.1, -0.05) is 12.1 Å². The number of para-hydroxylation sites is 1. The smallest absolute Gasteiger partial charge is 0.325 e. The predicted molar refractivity (Wildman–Crippen MR) is 99.9 cm³/mol. The Kier molecular flexibility index (Phi) is 5.52. The Morgan fingerprint density at radius 2 is 1.93 bits per heavy atom. The molecule has 0 spiro atoms. The van der Waals surface area contributed by atoms with Crippen LogP contribution >= 0.6 is 0 Å². The lowest BCUT2D eigenvalue weighted by molar-refractivity contribution is -0.137. The van der Waals surface area contributed by atoms with Crippen LogP contribution in [0.2, 0.25) is 0 Å². The number of nitrogens with zero attached hydrogens (tertiary/aromatic N) is 3. The first-order valence-corrected chi connectivity index (χ1v) is 9.27. The predicted octanol–water partition coefficient (Wildman–Crippen LogP) is 3.28. The highest BCUT2D eigenvalue weighted by atomic mass is 32.2. The highest BCUT2D eigenvalue weighted by molar-refractivity contribution is 7.82. The summed E-state index contributed by atoms with van der Waals surface area (Å²) in [6.45, 7) is -0.186. The van der Waals surface area contributed by atoms with Crippen molar-refractivity contribution in [3.63, 3.8) is 0 Å². The van der Waals surface area contributed by atoms with E-state index in [1.165, 1.54) is 27.3 Å². The number of anilines is 1. The molecule has 0 fully saturated rings. The topological polar surface area (TPSA) is 67.2 Å². The van der Waals surface area contributed by atoms with Gasteiger partial charge in [0.2, 0.25) is 5.91 Å². The minimum atomic E-state index is -4.49. The van der Waals surface area contributed by atoms with E-state index in [1.807, 2.05) is 0 Å². The van der Waals surface area contributed by atoms with Crippen LogP contribution < -0.4 is 5.32 Å². The molecule has 148 valence electrons. The molecule has 1 unspecified atom stereocenters. The summed E-state index contributed by atoms with van der Waals surface area (Å²) < 4.78 is 54.0. The number of imidazole rings is 1. The lowest BCUT2D eigenvalue weighted by atomic mass is 10.2. The van der Waals surface area contributed by atoms with Crippen molar-refractivity contribution in [2.45, 2.75) is 17.6 Å². The van der Waals surface area contributed by atoms with Crippen molar-refractivity contribution in [3.8, 4) is 0 Å². The molecule has 0 aliphatic rings. The molecule has 1 amide bonds. The van der Waals surface area contributed by atoms with Crippen molar-refractivity contribution in [1.29, 1.82) is 0 Å². The summed E-state index contributed by atoms with van der Waals surface area (Å²) in [4.78, 5) is 17.1. The number of rotatable bonds is 5. The molecule has 10 heteroatoms. The first kappa shape index (κ1) is 20.0. The second kappa shape index (κ2) is 7.72. The van der Waals surface area contributed by atoms with E-state index in [1.54, 1.807) is 32.3 Å². The largest absolute Gasteiger partial charge is 0.416 e. The van der Waals surface area contributed by atoms with Crippen molar-refractivity contribution < 1.29 is 22.2 Å². The van der Waals surface area contributed by atoms with E-state index >= 15 is 0 Å². The van der Waals surface area contributed by atoms with E-state index in [2.05, 4.69) is 10.3 Å². The number of alkyl halides is 3. The van der Waals surface area contributed by atoms with E-state index in [9.17, 15) is 22.2 Å². The average Bonchev–Trinajstić information content (AvgIpc) is 3.03. The summed E-state index contributed by atoms with van der Waals surface area (Å²) in [5.74, 6) is -0.524. The molecule has 0 saturated carbocycles. The van der Waals surface area contributed by atoms with Crippen molar-refractivity contribution in [2.24, 2.45) is 0 Å². The van der Waals surface area contributed by atoms with Gasteiger partial charge in [0.25, 0.3) is 0 Å². The number of carbonyl (C=O) groups is 1. The number of carbonyl (C=O) groups excluding carboxylic acids is 1. The van der Waals surface area contributed by atoms with Crippen LogP contribution in [0.25, 0.3) is 11.0 Å². The van der Waals surface area contributed by atoms with Crippen molar-refractivity contribution in [2.75, 3.05) is 19.4 Å². The fraction of sp³-hybridized carbons (Fsp3) is 0.222. The molecule has 0 aliphatic heterocycles. The van der Waals surface area contributed by atoms with Crippen LogP contribution in [-0.4, -0.2) is 38.1 Å². The highest BCUT2D eigenvalue weighted by Crippen LogP contribution is 2.30. The third-order valence-electron chi connectivity index (χ3n) is 3.91. The summed E-state index contributed by atoms with van der Waals surface area (Å²) in [6, 6.07) is 9.54. The summed E-state index contributed by atoms with van der Waals surface area (Å²) in [7, 11) is 1.88. The van der Waals surface area contributed by atoms with Gasteiger partial charge in [0, 0.05) is 5.69 Å². The maximum Gasteiger partial charge on any atom is 0.416 e. The molecule has 0 bridgehead atoms. The van der Waals surface area contributed by atoms with Gasteiger partial charge in [-0.2, -0.15) is 13.2 Å². The SMILES string of the molecule is CN(C)S(=O)c1cccc2ncn(CC(=O)Nc3cccc(C(F)(F)F)c3)c12. The van der Waals surface area contributed by atoms with Gasteiger partial charge in [0.15, 0.2) is 0 Å². The van der Waals surface area contributed by atoms with Gasteiger partial charge in [-0.3, -0.25) is 4.79 Å². The monoisotopic (exact) mass is 410 g/mol. The minimum Gasteiger partial charge on any atom is -0.325 e. The Labute approximate surface area is 161 Å². The summed E-state index contributed by atoms with van der Waals surface area (Å²) in [5, 5.41) is 2.46. The number of nitrogens with one attached hydrogen (secondary N) is 1. The Bertz CT molecular complexity index is 1050. The lowest BCUT2D eigenvalue weighted by Gasteiger charge is -2.13. The first-order chi connectivity index (χ1) is 13.2. The third-order valence-corrected chi connectivity index (χ3v) is 5.28. The molecule has 0 aliphatic carbocycles. The van der Waals surface area contributed by atoms with Gasteiger partial charge in [0.05, 0.1) is 27.8 Å². The highest BCUT2D eigenvalue weighted by Gasteiger charge is 2.30. The molecule has 0 radical (unpaired) electrons. The molecule has 28 heavy (non-hydrogen) atoms. The molecule has 0 saturated heterocycles. The average molecular weight is 410 g/mol. The molecule has 1 atom stereocenters. The number of halogens is 3. The number of hydrogen-bond donors (Lipinski definition) is 1. The van der Waals surface area contributed by atoms with E-state index < -0.39 is 28.6 Å². The Morgan fingerprint density at radius 1 is 1.21 bits per heavy atom. The van der Waals surface area contributed by atoms with E-state index in [0.717, 1.165) is 12.1 Å². The second-order valence-corrected chi connectivity index (χ2v) is 7.85. The second-order valence-electron chi connectivity index (χ2n) is 6.18. The van der Waals surface area contributed by atoms with Gasteiger partial charge < -0.3 is 9.88 Å². The van der Waals surface area contributed by atoms with Crippen LogP contribution in [0.15, 0.2) is 53.7 Å². The minimum absolute atomic E-state index is 0.0429. The van der Waals surface area contributed by atoms with Gasteiger partial charge in [-0.15, -0.1) is 0 Å². The van der Waals surface area contributed by atoms with Gasteiger partial charge in [-0.05, 0) is 44.4 Å². The number of fused-ring (bicyclic) bond motifs is 1. The van der Waals surface area contributed by atoms with Crippen molar-refractivity contribution >= 4 is 33.6 Å². The molecule has 6 nitrogen and oxygen atoms in total. The number of aromatic nitrogens is 2. The maximum absolute atomic E-state index is 12.8. The lowest BCUT2D eigenvalue weighted by Crippen LogP contribution is -2.20. The van der Waals surface area contributed by atoms with E-state index in [-0.39, 0.29) is 12.2 Å².